The van der Waals surface area contributed by atoms with Crippen LogP contribution in [0.25, 0.3) is 0 Å². The van der Waals surface area contributed by atoms with Gasteiger partial charge >= 0.3 is 5.69 Å². The van der Waals surface area contributed by atoms with E-state index in [0.717, 1.165) is 10.9 Å². The Kier molecular flexibility index (Phi) is 4.87. The summed E-state index contributed by atoms with van der Waals surface area (Å²) in [5, 5.41) is 3.68. The average Bonchev–Trinajstić information content (AvgIpc) is 2.23. The molecule has 0 radical (unpaired) electrons. The molecular weight excluding hydrogens is 214 g/mol. The van der Waals surface area contributed by atoms with Gasteiger partial charge in [0, 0.05) is 13.2 Å². The van der Waals surface area contributed by atoms with E-state index in [2.05, 4.69) is 10.1 Å². The van der Waals surface area contributed by atoms with Gasteiger partial charge in [-0.15, -0.1) is 0 Å². The van der Waals surface area contributed by atoms with Gasteiger partial charge in [-0.3, -0.25) is 9.78 Å². The smallest absolute Gasteiger partial charge is 0.344 e. The van der Waals surface area contributed by atoms with Crippen LogP contribution in [-0.4, -0.2) is 34.3 Å². The van der Waals surface area contributed by atoms with Gasteiger partial charge < -0.3 is 9.47 Å². The molecule has 0 aliphatic heterocycles. The van der Waals surface area contributed by atoms with Crippen molar-refractivity contribution in [2.75, 3.05) is 13.2 Å². The molecule has 0 atom stereocenters. The summed E-state index contributed by atoms with van der Waals surface area (Å²) in [7, 11) is 0. The molecule has 7 nitrogen and oxygen atoms in total. The lowest BCUT2D eigenvalue weighted by Crippen LogP contribution is -2.36. The van der Waals surface area contributed by atoms with Gasteiger partial charge in [-0.05, 0) is 13.8 Å². The van der Waals surface area contributed by atoms with Gasteiger partial charge in [0.05, 0.1) is 6.54 Å². The summed E-state index contributed by atoms with van der Waals surface area (Å²) in [4.78, 5) is 24.2. The standard InChI is InChI=1S/C9H15N3O4/c1-3-15-8(16-4-2)6-12-9(14)11-7(13)5-10-12/h5,8H,3-4,6H2,1-2H3,(H,11,13,14). The first-order chi connectivity index (χ1) is 7.67. The fourth-order valence-corrected chi connectivity index (χ4v) is 1.17. The van der Waals surface area contributed by atoms with E-state index in [0.29, 0.717) is 13.2 Å². The Morgan fingerprint density at radius 3 is 2.50 bits per heavy atom. The molecule has 0 bridgehead atoms. The Bertz CT molecular complexity index is 419. The van der Waals surface area contributed by atoms with Crippen molar-refractivity contribution in [3.8, 4) is 0 Å². The SMILES string of the molecule is CCOC(Cn1ncc(=O)[nH]c1=O)OCC. The van der Waals surface area contributed by atoms with E-state index in [4.69, 9.17) is 9.47 Å². The molecule has 0 fully saturated rings. The summed E-state index contributed by atoms with van der Waals surface area (Å²) in [5.41, 5.74) is -1.09. The van der Waals surface area contributed by atoms with Crippen molar-refractivity contribution < 1.29 is 9.47 Å². The largest absolute Gasteiger partial charge is 0.351 e. The summed E-state index contributed by atoms with van der Waals surface area (Å²) in [6, 6.07) is 0. The Labute approximate surface area is 92.0 Å². The van der Waals surface area contributed by atoms with Crippen molar-refractivity contribution in [1.29, 1.82) is 0 Å². The zero-order valence-electron chi connectivity index (χ0n) is 9.30. The minimum Gasteiger partial charge on any atom is -0.351 e. The number of aromatic nitrogens is 3. The molecule has 1 N–H and O–H groups in total. The second-order valence-electron chi connectivity index (χ2n) is 2.96. The Morgan fingerprint density at radius 1 is 1.38 bits per heavy atom. The van der Waals surface area contributed by atoms with Crippen molar-refractivity contribution in [1.82, 2.24) is 14.8 Å². The molecule has 0 aromatic carbocycles. The van der Waals surface area contributed by atoms with Crippen molar-refractivity contribution >= 4 is 0 Å². The summed E-state index contributed by atoms with van der Waals surface area (Å²) in [6.45, 7) is 4.76. The summed E-state index contributed by atoms with van der Waals surface area (Å²) < 4.78 is 11.6. The van der Waals surface area contributed by atoms with E-state index < -0.39 is 17.5 Å². The van der Waals surface area contributed by atoms with Crippen LogP contribution in [0.5, 0.6) is 0 Å². The maximum Gasteiger partial charge on any atom is 0.344 e. The predicted molar refractivity (Wildman–Crippen MR) is 56.2 cm³/mol. The maximum absolute atomic E-state index is 11.3. The minimum absolute atomic E-state index is 0.150. The lowest BCUT2D eigenvalue weighted by atomic mass is 10.6. The third-order valence-electron chi connectivity index (χ3n) is 1.81. The van der Waals surface area contributed by atoms with Gasteiger partial charge in [-0.25, -0.2) is 9.48 Å². The Hall–Kier alpha value is -1.47. The van der Waals surface area contributed by atoms with Gasteiger partial charge in [0.1, 0.15) is 6.20 Å². The molecule has 1 heterocycles. The fraction of sp³-hybridized carbons (Fsp3) is 0.667. The molecule has 90 valence electrons. The second-order valence-corrected chi connectivity index (χ2v) is 2.96. The first-order valence-corrected chi connectivity index (χ1v) is 5.07. The van der Waals surface area contributed by atoms with Crippen LogP contribution in [0.15, 0.2) is 15.8 Å². The molecule has 0 amide bonds. The van der Waals surface area contributed by atoms with Crippen LogP contribution in [-0.2, 0) is 16.0 Å². The van der Waals surface area contributed by atoms with Gasteiger partial charge in [-0.2, -0.15) is 5.10 Å². The van der Waals surface area contributed by atoms with Crippen LogP contribution in [0.4, 0.5) is 0 Å². The zero-order valence-corrected chi connectivity index (χ0v) is 9.30. The molecular formula is C9H15N3O4. The zero-order chi connectivity index (χ0) is 12.0. The summed E-state index contributed by atoms with van der Waals surface area (Å²) in [5.74, 6) is 0. The van der Waals surface area contributed by atoms with Crippen molar-refractivity contribution in [2.45, 2.75) is 26.7 Å². The average molecular weight is 229 g/mol. The van der Waals surface area contributed by atoms with Crippen molar-refractivity contribution in [3.63, 3.8) is 0 Å². The molecule has 1 aromatic heterocycles. The van der Waals surface area contributed by atoms with Crippen LogP contribution in [0.1, 0.15) is 13.8 Å². The van der Waals surface area contributed by atoms with Crippen LogP contribution in [0.2, 0.25) is 0 Å². The molecule has 0 saturated heterocycles. The molecule has 0 saturated carbocycles. The van der Waals surface area contributed by atoms with Crippen LogP contribution >= 0.6 is 0 Å². The Morgan fingerprint density at radius 2 is 2.00 bits per heavy atom. The highest BCUT2D eigenvalue weighted by atomic mass is 16.7. The van der Waals surface area contributed by atoms with Gasteiger partial charge in [0.2, 0.25) is 0 Å². The number of H-pyrrole nitrogens is 1. The lowest BCUT2D eigenvalue weighted by molar-refractivity contribution is -0.145. The number of hydrogen-bond donors (Lipinski definition) is 1. The predicted octanol–water partition coefficient (Wildman–Crippen LogP) is -0.669. The monoisotopic (exact) mass is 229 g/mol. The van der Waals surface area contributed by atoms with Crippen LogP contribution in [0, 0.1) is 0 Å². The molecule has 1 aromatic rings. The van der Waals surface area contributed by atoms with Gasteiger partial charge in [0.25, 0.3) is 5.56 Å². The summed E-state index contributed by atoms with van der Waals surface area (Å²) >= 11 is 0. The van der Waals surface area contributed by atoms with E-state index in [9.17, 15) is 9.59 Å². The first-order valence-electron chi connectivity index (χ1n) is 5.07. The highest BCUT2D eigenvalue weighted by molar-refractivity contribution is 4.69. The molecule has 0 aliphatic carbocycles. The number of nitrogens with one attached hydrogen (secondary N) is 1. The Balaban J connectivity index is 2.76. The fourth-order valence-electron chi connectivity index (χ4n) is 1.17. The van der Waals surface area contributed by atoms with Gasteiger partial charge in [0.15, 0.2) is 6.29 Å². The lowest BCUT2D eigenvalue weighted by Gasteiger charge is -2.16. The number of aromatic amines is 1. The molecule has 1 rings (SSSR count). The van der Waals surface area contributed by atoms with Crippen LogP contribution < -0.4 is 11.2 Å². The third kappa shape index (κ3) is 3.59. The molecule has 0 spiro atoms. The number of hydrogen-bond acceptors (Lipinski definition) is 5. The molecule has 16 heavy (non-hydrogen) atoms. The highest BCUT2D eigenvalue weighted by Gasteiger charge is 2.10. The first kappa shape index (κ1) is 12.6. The summed E-state index contributed by atoms with van der Waals surface area (Å²) in [6.07, 6.45) is 0.502. The number of rotatable bonds is 6. The van der Waals surface area contributed by atoms with E-state index in [-0.39, 0.29) is 6.54 Å². The third-order valence-corrected chi connectivity index (χ3v) is 1.81. The van der Waals surface area contributed by atoms with Crippen LogP contribution in [0.3, 0.4) is 0 Å². The molecule has 0 unspecified atom stereocenters. The quantitative estimate of drug-likeness (QED) is 0.654. The minimum atomic E-state index is -0.572. The van der Waals surface area contributed by atoms with Crippen molar-refractivity contribution in [2.24, 2.45) is 0 Å². The topological polar surface area (TPSA) is 86.2 Å². The van der Waals surface area contributed by atoms with E-state index in [1.54, 1.807) is 0 Å². The van der Waals surface area contributed by atoms with E-state index >= 15 is 0 Å². The molecule has 0 aliphatic rings. The van der Waals surface area contributed by atoms with Gasteiger partial charge in [-0.1, -0.05) is 0 Å². The molecule has 7 heteroatoms. The van der Waals surface area contributed by atoms with E-state index in [1.165, 1.54) is 0 Å². The van der Waals surface area contributed by atoms with Crippen molar-refractivity contribution in [3.05, 3.63) is 27.0 Å². The second kappa shape index (κ2) is 6.19. The van der Waals surface area contributed by atoms with E-state index in [1.807, 2.05) is 13.8 Å². The maximum atomic E-state index is 11.3. The highest BCUT2D eigenvalue weighted by Crippen LogP contribution is 1.96. The number of nitrogens with zero attached hydrogens (tertiary/aromatic N) is 2. The number of ether oxygens (including phenoxy) is 2. The normalized spacial score (nSPS) is 10.9.